The van der Waals surface area contributed by atoms with Crippen molar-refractivity contribution in [2.75, 3.05) is 34.1 Å². The highest BCUT2D eigenvalue weighted by Gasteiger charge is 2.16. The van der Waals surface area contributed by atoms with Gasteiger partial charge >= 0.3 is 0 Å². The van der Waals surface area contributed by atoms with Crippen molar-refractivity contribution in [3.8, 4) is 0 Å². The summed E-state index contributed by atoms with van der Waals surface area (Å²) < 4.78 is 1.03. The third-order valence-electron chi connectivity index (χ3n) is 1.33. The maximum atomic E-state index is 3.24. The van der Waals surface area contributed by atoms with Crippen LogP contribution in [0.3, 0.4) is 0 Å². The fourth-order valence-electron chi connectivity index (χ4n) is 0.861. The van der Waals surface area contributed by atoms with Crippen molar-refractivity contribution in [3.63, 3.8) is 0 Å². The number of nitrogens with one attached hydrogen (secondary N) is 2. The highest BCUT2D eigenvalue weighted by atomic mass is 15.5. The van der Waals surface area contributed by atoms with Crippen LogP contribution in [-0.4, -0.2) is 38.6 Å². The van der Waals surface area contributed by atoms with Crippen molar-refractivity contribution in [2.45, 2.75) is 0 Å². The molecule has 2 N–H and O–H groups in total. The molecule has 1 saturated heterocycles. The summed E-state index contributed by atoms with van der Waals surface area (Å²) in [5.74, 6) is 0. The van der Waals surface area contributed by atoms with Crippen LogP contribution in [0.5, 0.6) is 0 Å². The van der Waals surface area contributed by atoms with Gasteiger partial charge in [-0.05, 0) is 0 Å². The molecule has 0 aliphatic carbocycles. The summed E-state index contributed by atoms with van der Waals surface area (Å²) >= 11 is 0. The maximum absolute atomic E-state index is 3.24. The Morgan fingerprint density at radius 2 is 1.62 bits per heavy atom. The fourth-order valence-corrected chi connectivity index (χ4v) is 0.861. The number of hydrogen-bond acceptors (Lipinski definition) is 2. The van der Waals surface area contributed by atoms with Crippen LogP contribution in [0.25, 0.3) is 0 Å². The van der Waals surface area contributed by atoms with Gasteiger partial charge in [-0.15, -0.1) is 0 Å². The van der Waals surface area contributed by atoms with E-state index in [0.717, 1.165) is 24.5 Å². The van der Waals surface area contributed by atoms with Crippen molar-refractivity contribution in [1.29, 1.82) is 0 Å². The third-order valence-corrected chi connectivity index (χ3v) is 1.33. The standard InChI is InChI=1S/C5H14N3/c1-8(2)4-6-3-7-5-8/h6-7H,3-5H2,1-2H3/q+1. The van der Waals surface area contributed by atoms with Gasteiger partial charge in [0, 0.05) is 0 Å². The average molecular weight is 116 g/mol. The second-order valence-electron chi connectivity index (χ2n) is 2.93. The topological polar surface area (TPSA) is 24.1 Å². The van der Waals surface area contributed by atoms with Gasteiger partial charge in [0.25, 0.3) is 0 Å². The van der Waals surface area contributed by atoms with Crippen molar-refractivity contribution in [3.05, 3.63) is 0 Å². The first-order chi connectivity index (χ1) is 3.71. The lowest BCUT2D eigenvalue weighted by atomic mass is 10.6. The monoisotopic (exact) mass is 116 g/mol. The van der Waals surface area contributed by atoms with E-state index in [1.54, 1.807) is 0 Å². The van der Waals surface area contributed by atoms with E-state index in [0.29, 0.717) is 0 Å². The smallest absolute Gasteiger partial charge is 0.134 e. The van der Waals surface area contributed by atoms with Crippen LogP contribution in [0.2, 0.25) is 0 Å². The molecule has 0 bridgehead atoms. The summed E-state index contributed by atoms with van der Waals surface area (Å²) in [6.45, 7) is 3.11. The van der Waals surface area contributed by atoms with E-state index in [1.807, 2.05) is 0 Å². The van der Waals surface area contributed by atoms with Crippen molar-refractivity contribution in [1.82, 2.24) is 10.6 Å². The largest absolute Gasteiger partial charge is 0.304 e. The van der Waals surface area contributed by atoms with Gasteiger partial charge in [-0.1, -0.05) is 0 Å². The van der Waals surface area contributed by atoms with Crippen LogP contribution >= 0.6 is 0 Å². The summed E-state index contributed by atoms with van der Waals surface area (Å²) in [5.41, 5.74) is 0. The molecule has 0 aromatic rings. The Morgan fingerprint density at radius 3 is 1.88 bits per heavy atom. The molecular formula is C5H14N3+. The predicted octanol–water partition coefficient (Wildman–Crippen LogP) is -0.872. The molecule has 3 heteroatoms. The second kappa shape index (κ2) is 2.01. The molecule has 1 heterocycles. The van der Waals surface area contributed by atoms with Gasteiger partial charge in [0.05, 0.1) is 20.8 Å². The minimum absolute atomic E-state index is 0.960. The Hall–Kier alpha value is -0.120. The first-order valence-corrected chi connectivity index (χ1v) is 2.94. The summed E-state index contributed by atoms with van der Waals surface area (Å²) in [6, 6.07) is 0. The number of nitrogens with zero attached hydrogens (tertiary/aromatic N) is 1. The van der Waals surface area contributed by atoms with Crippen molar-refractivity contribution in [2.24, 2.45) is 0 Å². The lowest BCUT2D eigenvalue weighted by Crippen LogP contribution is -2.59. The molecular weight excluding hydrogens is 102 g/mol. The summed E-state index contributed by atoms with van der Waals surface area (Å²) in [7, 11) is 4.39. The van der Waals surface area contributed by atoms with Crippen LogP contribution < -0.4 is 10.6 Å². The molecule has 8 heavy (non-hydrogen) atoms. The van der Waals surface area contributed by atoms with Crippen LogP contribution in [-0.2, 0) is 0 Å². The zero-order valence-corrected chi connectivity index (χ0v) is 5.57. The van der Waals surface area contributed by atoms with Crippen LogP contribution in [0, 0.1) is 0 Å². The number of hydrogen-bond donors (Lipinski definition) is 2. The molecule has 1 aliphatic rings. The van der Waals surface area contributed by atoms with E-state index in [2.05, 4.69) is 24.7 Å². The molecule has 48 valence electrons. The quantitative estimate of drug-likeness (QED) is 0.402. The summed E-state index contributed by atoms with van der Waals surface area (Å²) in [6.07, 6.45) is 0. The summed E-state index contributed by atoms with van der Waals surface area (Å²) in [4.78, 5) is 0. The minimum Gasteiger partial charge on any atom is -0.304 e. The van der Waals surface area contributed by atoms with Crippen molar-refractivity contribution >= 4 is 0 Å². The first-order valence-electron chi connectivity index (χ1n) is 2.94. The van der Waals surface area contributed by atoms with Gasteiger partial charge < -0.3 is 4.48 Å². The molecule has 0 unspecified atom stereocenters. The molecule has 0 amide bonds. The van der Waals surface area contributed by atoms with Gasteiger partial charge in [-0.3, -0.25) is 10.6 Å². The molecule has 0 aromatic carbocycles. The molecule has 0 saturated carbocycles. The Morgan fingerprint density at radius 1 is 1.12 bits per heavy atom. The zero-order chi connectivity index (χ0) is 6.04. The molecule has 0 radical (unpaired) electrons. The fraction of sp³-hybridized carbons (Fsp3) is 1.00. The normalized spacial score (nSPS) is 27.8. The number of quaternary nitrogens is 1. The lowest BCUT2D eigenvalue weighted by molar-refractivity contribution is -0.900. The predicted molar refractivity (Wildman–Crippen MR) is 33.0 cm³/mol. The Kier molecular flexibility index (Phi) is 1.51. The molecule has 1 rings (SSSR count). The lowest BCUT2D eigenvalue weighted by Gasteiger charge is -2.33. The van der Waals surface area contributed by atoms with Gasteiger partial charge in [-0.25, -0.2) is 0 Å². The SMILES string of the molecule is C[N+]1(C)CNCNC1. The highest BCUT2D eigenvalue weighted by molar-refractivity contribution is 4.41. The van der Waals surface area contributed by atoms with E-state index in [4.69, 9.17) is 0 Å². The van der Waals surface area contributed by atoms with E-state index >= 15 is 0 Å². The molecule has 1 aliphatic heterocycles. The average Bonchev–Trinajstić information content (AvgIpc) is 1.65. The van der Waals surface area contributed by atoms with Crippen LogP contribution in [0.1, 0.15) is 0 Å². The number of rotatable bonds is 0. The summed E-state index contributed by atoms with van der Waals surface area (Å²) in [5, 5.41) is 6.47. The van der Waals surface area contributed by atoms with Gasteiger partial charge in [0.15, 0.2) is 0 Å². The van der Waals surface area contributed by atoms with E-state index in [9.17, 15) is 0 Å². The molecule has 0 spiro atoms. The molecule has 0 atom stereocenters. The van der Waals surface area contributed by atoms with Crippen molar-refractivity contribution < 1.29 is 4.48 Å². The third kappa shape index (κ3) is 1.43. The van der Waals surface area contributed by atoms with E-state index < -0.39 is 0 Å². The van der Waals surface area contributed by atoms with E-state index in [1.165, 1.54) is 0 Å². The minimum atomic E-state index is 0.960. The van der Waals surface area contributed by atoms with Crippen LogP contribution in [0.15, 0.2) is 0 Å². The highest BCUT2D eigenvalue weighted by Crippen LogP contribution is 1.92. The van der Waals surface area contributed by atoms with Gasteiger partial charge in [0.1, 0.15) is 13.3 Å². The van der Waals surface area contributed by atoms with Gasteiger partial charge in [0.2, 0.25) is 0 Å². The first kappa shape index (κ1) is 6.01. The molecule has 3 nitrogen and oxygen atoms in total. The Bertz CT molecular complexity index is 71.7. The van der Waals surface area contributed by atoms with E-state index in [-0.39, 0.29) is 0 Å². The van der Waals surface area contributed by atoms with Crippen LogP contribution in [0.4, 0.5) is 0 Å². The Labute approximate surface area is 50.3 Å². The molecule has 1 fully saturated rings. The Balaban J connectivity index is 2.33. The molecule has 0 aromatic heterocycles. The maximum Gasteiger partial charge on any atom is 0.134 e. The second-order valence-corrected chi connectivity index (χ2v) is 2.93. The zero-order valence-electron chi connectivity index (χ0n) is 5.57. The van der Waals surface area contributed by atoms with Gasteiger partial charge in [-0.2, -0.15) is 0 Å².